The molecule has 0 radical (unpaired) electrons. The molecule has 0 spiro atoms. The van der Waals surface area contributed by atoms with Crippen LogP contribution in [0.5, 0.6) is 5.75 Å². The van der Waals surface area contributed by atoms with Crippen LogP contribution in [0.1, 0.15) is 22.3 Å². The van der Waals surface area contributed by atoms with Gasteiger partial charge in [-0.2, -0.15) is 0 Å². The molecule has 1 aromatic heterocycles. The van der Waals surface area contributed by atoms with Gasteiger partial charge in [-0.3, -0.25) is 9.59 Å². The second-order valence-corrected chi connectivity index (χ2v) is 6.58. The number of hydrogen-bond donors (Lipinski definition) is 1. The monoisotopic (exact) mass is 348 g/mol. The molecule has 5 nitrogen and oxygen atoms in total. The standard InChI is InChI=1S/C21H20N2O3/c1-23-18-8-4-2-7-15(18)12-17(21(23)25)20(24)22-13-16-11-10-14-6-3-5-9-19(14)26-16/h2-9,12,16H,10-11,13H2,1H3,(H,22,24)/t16-/m1/s1. The number of aromatic nitrogens is 1. The minimum Gasteiger partial charge on any atom is -0.488 e. The predicted octanol–water partition coefficient (Wildman–Crippen LogP) is 2.66. The van der Waals surface area contributed by atoms with Gasteiger partial charge in [-0.1, -0.05) is 36.4 Å². The summed E-state index contributed by atoms with van der Waals surface area (Å²) in [6.45, 7) is 0.378. The Morgan fingerprint density at radius 2 is 1.96 bits per heavy atom. The molecule has 0 saturated carbocycles. The maximum Gasteiger partial charge on any atom is 0.263 e. The zero-order chi connectivity index (χ0) is 18.1. The third-order valence-electron chi connectivity index (χ3n) is 4.87. The molecule has 4 rings (SSSR count). The summed E-state index contributed by atoms with van der Waals surface area (Å²) >= 11 is 0. The lowest BCUT2D eigenvalue weighted by atomic mass is 10.0. The van der Waals surface area contributed by atoms with E-state index in [-0.39, 0.29) is 23.1 Å². The van der Waals surface area contributed by atoms with Crippen LogP contribution in [0.4, 0.5) is 0 Å². The number of hydrogen-bond acceptors (Lipinski definition) is 3. The molecule has 0 aliphatic carbocycles. The summed E-state index contributed by atoms with van der Waals surface area (Å²) < 4.78 is 7.46. The fraction of sp³-hybridized carbons (Fsp3) is 0.238. The molecule has 132 valence electrons. The molecule has 1 N–H and O–H groups in total. The van der Waals surface area contributed by atoms with Crippen LogP contribution < -0.4 is 15.6 Å². The topological polar surface area (TPSA) is 60.3 Å². The molecule has 1 atom stereocenters. The number of carbonyl (C=O) groups excluding carboxylic acids is 1. The Balaban J connectivity index is 1.50. The maximum absolute atomic E-state index is 12.6. The second-order valence-electron chi connectivity index (χ2n) is 6.58. The van der Waals surface area contributed by atoms with Crippen molar-refractivity contribution >= 4 is 16.8 Å². The summed E-state index contributed by atoms with van der Waals surface area (Å²) in [4.78, 5) is 25.1. The van der Waals surface area contributed by atoms with Gasteiger partial charge in [0.1, 0.15) is 17.4 Å². The summed E-state index contributed by atoms with van der Waals surface area (Å²) in [5.74, 6) is 0.512. The molecule has 26 heavy (non-hydrogen) atoms. The molecule has 0 bridgehead atoms. The largest absolute Gasteiger partial charge is 0.488 e. The number of amides is 1. The van der Waals surface area contributed by atoms with Gasteiger partial charge >= 0.3 is 0 Å². The fourth-order valence-electron chi connectivity index (χ4n) is 3.41. The quantitative estimate of drug-likeness (QED) is 0.792. The Morgan fingerprint density at radius 1 is 1.19 bits per heavy atom. The zero-order valence-corrected chi connectivity index (χ0v) is 14.6. The summed E-state index contributed by atoms with van der Waals surface area (Å²) in [5.41, 5.74) is 1.86. The van der Waals surface area contributed by atoms with Crippen LogP contribution >= 0.6 is 0 Å². The van der Waals surface area contributed by atoms with E-state index in [9.17, 15) is 9.59 Å². The fourth-order valence-corrected chi connectivity index (χ4v) is 3.41. The van der Waals surface area contributed by atoms with Gasteiger partial charge in [0, 0.05) is 7.05 Å². The van der Waals surface area contributed by atoms with E-state index in [1.165, 1.54) is 10.1 Å². The highest BCUT2D eigenvalue weighted by Gasteiger charge is 2.21. The highest BCUT2D eigenvalue weighted by molar-refractivity contribution is 5.97. The molecule has 0 saturated heterocycles. The van der Waals surface area contributed by atoms with Gasteiger partial charge < -0.3 is 14.6 Å². The zero-order valence-electron chi connectivity index (χ0n) is 14.6. The average Bonchev–Trinajstić information content (AvgIpc) is 2.68. The Hall–Kier alpha value is -3.08. The van der Waals surface area contributed by atoms with Crippen molar-refractivity contribution in [1.82, 2.24) is 9.88 Å². The van der Waals surface area contributed by atoms with E-state index in [1.54, 1.807) is 13.1 Å². The highest BCUT2D eigenvalue weighted by atomic mass is 16.5. The maximum atomic E-state index is 12.6. The molecule has 2 aromatic carbocycles. The lowest BCUT2D eigenvalue weighted by molar-refractivity contribution is 0.0916. The number of fused-ring (bicyclic) bond motifs is 2. The normalized spacial score (nSPS) is 16.0. The minimum absolute atomic E-state index is 0.0850. The van der Waals surface area contributed by atoms with Gasteiger partial charge in [0.15, 0.2) is 0 Å². The van der Waals surface area contributed by atoms with E-state index in [4.69, 9.17) is 4.74 Å². The van der Waals surface area contributed by atoms with Crippen molar-refractivity contribution in [1.29, 1.82) is 0 Å². The molecule has 3 aromatic rings. The van der Waals surface area contributed by atoms with Crippen LogP contribution in [0.25, 0.3) is 10.9 Å². The van der Waals surface area contributed by atoms with E-state index < -0.39 is 0 Å². The average molecular weight is 348 g/mol. The molecule has 1 aliphatic rings. The first-order chi connectivity index (χ1) is 12.6. The number of pyridine rings is 1. The smallest absolute Gasteiger partial charge is 0.263 e. The second kappa shape index (κ2) is 6.67. The van der Waals surface area contributed by atoms with Gasteiger partial charge in [-0.15, -0.1) is 0 Å². The molecule has 1 aliphatic heterocycles. The molecule has 1 amide bonds. The number of benzene rings is 2. The third kappa shape index (κ3) is 2.96. The van der Waals surface area contributed by atoms with E-state index >= 15 is 0 Å². The van der Waals surface area contributed by atoms with Gasteiger partial charge in [-0.25, -0.2) is 0 Å². The van der Waals surface area contributed by atoms with Crippen LogP contribution in [0.2, 0.25) is 0 Å². The van der Waals surface area contributed by atoms with Crippen molar-refractivity contribution in [2.45, 2.75) is 18.9 Å². The van der Waals surface area contributed by atoms with Crippen molar-refractivity contribution < 1.29 is 9.53 Å². The number of para-hydroxylation sites is 2. The number of carbonyl (C=O) groups is 1. The molecule has 5 heteroatoms. The number of nitrogens with zero attached hydrogens (tertiary/aromatic N) is 1. The lowest BCUT2D eigenvalue weighted by Crippen LogP contribution is -2.39. The Bertz CT molecular complexity index is 1040. The first kappa shape index (κ1) is 16.4. The van der Waals surface area contributed by atoms with E-state index in [2.05, 4.69) is 11.4 Å². The summed E-state index contributed by atoms with van der Waals surface area (Å²) in [5, 5.41) is 3.72. The van der Waals surface area contributed by atoms with Gasteiger partial charge in [0.05, 0.1) is 12.1 Å². The Kier molecular flexibility index (Phi) is 4.21. The number of nitrogens with one attached hydrogen (secondary N) is 1. The molecule has 0 fully saturated rings. The molecule has 2 heterocycles. The first-order valence-electron chi connectivity index (χ1n) is 8.75. The van der Waals surface area contributed by atoms with Crippen LogP contribution in [0.3, 0.4) is 0 Å². The lowest BCUT2D eigenvalue weighted by Gasteiger charge is -2.26. The molecular weight excluding hydrogens is 328 g/mol. The van der Waals surface area contributed by atoms with Crippen molar-refractivity contribution in [2.75, 3.05) is 6.54 Å². The third-order valence-corrected chi connectivity index (χ3v) is 4.87. The van der Waals surface area contributed by atoms with E-state index in [1.807, 2.05) is 42.5 Å². The minimum atomic E-state index is -0.362. The SMILES string of the molecule is Cn1c(=O)c(C(=O)NC[C@H]2CCc3ccccc3O2)cc2ccccc21. The van der Waals surface area contributed by atoms with E-state index in [0.29, 0.717) is 6.54 Å². The van der Waals surface area contributed by atoms with Crippen LogP contribution in [-0.4, -0.2) is 23.1 Å². The van der Waals surface area contributed by atoms with Crippen molar-refractivity contribution in [2.24, 2.45) is 7.05 Å². The molecular formula is C21H20N2O3. The molecule has 0 unspecified atom stereocenters. The number of rotatable bonds is 3. The highest BCUT2D eigenvalue weighted by Crippen LogP contribution is 2.26. The van der Waals surface area contributed by atoms with Crippen LogP contribution in [0.15, 0.2) is 59.4 Å². The first-order valence-corrected chi connectivity index (χ1v) is 8.75. The Morgan fingerprint density at radius 3 is 2.85 bits per heavy atom. The van der Waals surface area contributed by atoms with Crippen LogP contribution in [0, 0.1) is 0 Å². The number of aryl methyl sites for hydroxylation is 2. The van der Waals surface area contributed by atoms with Crippen molar-refractivity contribution in [3.8, 4) is 5.75 Å². The van der Waals surface area contributed by atoms with Crippen molar-refractivity contribution in [3.05, 3.63) is 76.1 Å². The van der Waals surface area contributed by atoms with Gasteiger partial charge in [0.25, 0.3) is 11.5 Å². The number of ether oxygens (including phenoxy) is 1. The van der Waals surface area contributed by atoms with E-state index in [0.717, 1.165) is 29.5 Å². The predicted molar refractivity (Wildman–Crippen MR) is 101 cm³/mol. The Labute approximate surface area is 151 Å². The van der Waals surface area contributed by atoms with Gasteiger partial charge in [-0.05, 0) is 42.0 Å². The summed E-state index contributed by atoms with van der Waals surface area (Å²) in [7, 11) is 1.68. The van der Waals surface area contributed by atoms with Crippen molar-refractivity contribution in [3.63, 3.8) is 0 Å². The van der Waals surface area contributed by atoms with Crippen LogP contribution in [-0.2, 0) is 13.5 Å². The van der Waals surface area contributed by atoms with Gasteiger partial charge in [0.2, 0.25) is 0 Å². The summed E-state index contributed by atoms with van der Waals surface area (Å²) in [6, 6.07) is 17.1. The summed E-state index contributed by atoms with van der Waals surface area (Å²) in [6.07, 6.45) is 1.68.